The Morgan fingerprint density at radius 2 is 2.15 bits per heavy atom. The van der Waals surface area contributed by atoms with Crippen LogP contribution in [-0.2, 0) is 13.0 Å². The van der Waals surface area contributed by atoms with Gasteiger partial charge in [0, 0.05) is 24.2 Å². The van der Waals surface area contributed by atoms with Crippen molar-refractivity contribution in [2.75, 3.05) is 18.8 Å². The summed E-state index contributed by atoms with van der Waals surface area (Å²) in [6, 6.07) is 10.8. The third kappa shape index (κ3) is 3.58. The number of nitrogens with two attached hydrogens (primary N) is 1. The van der Waals surface area contributed by atoms with Gasteiger partial charge in [0.2, 0.25) is 0 Å². The van der Waals surface area contributed by atoms with Gasteiger partial charge in [0.15, 0.2) is 5.13 Å². The molecule has 0 bridgehead atoms. The number of nitrogen functional groups attached to an aromatic ring is 1. The van der Waals surface area contributed by atoms with E-state index in [1.807, 2.05) is 6.20 Å². The van der Waals surface area contributed by atoms with Crippen LogP contribution in [0.5, 0.6) is 0 Å². The Morgan fingerprint density at radius 3 is 2.90 bits per heavy atom. The van der Waals surface area contributed by atoms with E-state index in [9.17, 15) is 0 Å². The van der Waals surface area contributed by atoms with E-state index >= 15 is 0 Å². The molecule has 1 aliphatic heterocycles. The first-order chi connectivity index (χ1) is 9.79. The topological polar surface area (TPSA) is 42.1 Å². The third-order valence-corrected chi connectivity index (χ3v) is 4.73. The summed E-state index contributed by atoms with van der Waals surface area (Å²) in [6.07, 6.45) is 5.75. The van der Waals surface area contributed by atoms with E-state index in [0.717, 1.165) is 12.5 Å². The maximum Gasteiger partial charge on any atom is 0.180 e. The highest BCUT2D eigenvalue weighted by molar-refractivity contribution is 7.15. The monoisotopic (exact) mass is 287 g/mol. The summed E-state index contributed by atoms with van der Waals surface area (Å²) < 4.78 is 0. The molecule has 2 aromatic rings. The van der Waals surface area contributed by atoms with E-state index in [2.05, 4.69) is 40.2 Å². The van der Waals surface area contributed by atoms with Gasteiger partial charge in [-0.1, -0.05) is 30.3 Å². The van der Waals surface area contributed by atoms with Gasteiger partial charge >= 0.3 is 0 Å². The largest absolute Gasteiger partial charge is 0.375 e. The quantitative estimate of drug-likeness (QED) is 0.939. The zero-order chi connectivity index (χ0) is 13.8. The lowest BCUT2D eigenvalue weighted by atomic mass is 9.91. The molecule has 0 amide bonds. The summed E-state index contributed by atoms with van der Waals surface area (Å²) in [6.45, 7) is 3.38. The van der Waals surface area contributed by atoms with Crippen LogP contribution in [0, 0.1) is 5.92 Å². The number of nitrogens with zero attached hydrogens (tertiary/aromatic N) is 2. The van der Waals surface area contributed by atoms with Crippen molar-refractivity contribution in [2.45, 2.75) is 25.8 Å². The summed E-state index contributed by atoms with van der Waals surface area (Å²) in [5.74, 6) is 0.774. The molecule has 3 nitrogen and oxygen atoms in total. The fourth-order valence-electron chi connectivity index (χ4n) is 3.03. The molecule has 3 rings (SSSR count). The minimum atomic E-state index is 0.679. The molecule has 4 heteroatoms. The van der Waals surface area contributed by atoms with E-state index in [1.165, 1.54) is 42.8 Å². The Labute approximate surface area is 124 Å². The van der Waals surface area contributed by atoms with Gasteiger partial charge in [-0.05, 0) is 37.3 Å². The van der Waals surface area contributed by atoms with E-state index in [0.29, 0.717) is 5.13 Å². The zero-order valence-electron chi connectivity index (χ0n) is 11.7. The molecule has 0 spiro atoms. The second-order valence-corrected chi connectivity index (χ2v) is 6.74. The molecule has 0 saturated carbocycles. The number of thiazole rings is 1. The second-order valence-electron chi connectivity index (χ2n) is 5.60. The molecule has 20 heavy (non-hydrogen) atoms. The lowest BCUT2D eigenvalue weighted by Crippen LogP contribution is -2.35. The van der Waals surface area contributed by atoms with Crippen LogP contribution in [-0.4, -0.2) is 23.0 Å². The summed E-state index contributed by atoms with van der Waals surface area (Å²) in [4.78, 5) is 7.96. The lowest BCUT2D eigenvalue weighted by molar-refractivity contribution is 0.168. The van der Waals surface area contributed by atoms with Crippen LogP contribution in [0.3, 0.4) is 0 Å². The van der Waals surface area contributed by atoms with Gasteiger partial charge in [0.05, 0.1) is 0 Å². The maximum absolute atomic E-state index is 5.70. The average Bonchev–Trinajstić information content (AvgIpc) is 2.86. The number of piperidine rings is 1. The van der Waals surface area contributed by atoms with Crippen molar-refractivity contribution in [3.63, 3.8) is 0 Å². The number of rotatable bonds is 4. The van der Waals surface area contributed by atoms with E-state index in [4.69, 9.17) is 5.73 Å². The van der Waals surface area contributed by atoms with Crippen LogP contribution in [0.25, 0.3) is 0 Å². The van der Waals surface area contributed by atoms with E-state index in [1.54, 1.807) is 11.3 Å². The smallest absolute Gasteiger partial charge is 0.180 e. The van der Waals surface area contributed by atoms with Crippen molar-refractivity contribution in [1.82, 2.24) is 9.88 Å². The van der Waals surface area contributed by atoms with Crippen molar-refractivity contribution < 1.29 is 0 Å². The van der Waals surface area contributed by atoms with Crippen molar-refractivity contribution in [3.05, 3.63) is 47.0 Å². The third-order valence-electron chi connectivity index (χ3n) is 3.92. The Balaban J connectivity index is 1.56. The van der Waals surface area contributed by atoms with Gasteiger partial charge in [-0.2, -0.15) is 0 Å². The van der Waals surface area contributed by atoms with Crippen molar-refractivity contribution >= 4 is 16.5 Å². The van der Waals surface area contributed by atoms with Crippen LogP contribution < -0.4 is 5.73 Å². The Kier molecular flexibility index (Phi) is 4.33. The Morgan fingerprint density at radius 1 is 1.30 bits per heavy atom. The molecule has 1 aromatic heterocycles. The number of anilines is 1. The molecule has 1 aromatic carbocycles. The van der Waals surface area contributed by atoms with Gasteiger partial charge in [0.25, 0.3) is 0 Å². The molecular weight excluding hydrogens is 266 g/mol. The van der Waals surface area contributed by atoms with Crippen LogP contribution >= 0.6 is 11.3 Å². The first-order valence-corrected chi connectivity index (χ1v) is 8.08. The lowest BCUT2D eigenvalue weighted by Gasteiger charge is -2.32. The van der Waals surface area contributed by atoms with Crippen LogP contribution in [0.2, 0.25) is 0 Å². The van der Waals surface area contributed by atoms with Crippen molar-refractivity contribution in [3.8, 4) is 0 Å². The molecule has 1 aliphatic rings. The van der Waals surface area contributed by atoms with Gasteiger partial charge < -0.3 is 5.73 Å². The van der Waals surface area contributed by atoms with Crippen LogP contribution in [0.15, 0.2) is 36.5 Å². The summed E-state index contributed by atoms with van der Waals surface area (Å²) in [5.41, 5.74) is 7.16. The number of benzene rings is 1. The normalized spacial score (nSPS) is 20.1. The highest BCUT2D eigenvalue weighted by Crippen LogP contribution is 2.24. The number of hydrogen-bond donors (Lipinski definition) is 1. The molecule has 0 aliphatic carbocycles. The molecule has 106 valence electrons. The minimum absolute atomic E-state index is 0.679. The first-order valence-electron chi connectivity index (χ1n) is 7.26. The molecule has 2 heterocycles. The van der Waals surface area contributed by atoms with Gasteiger partial charge in [0.1, 0.15) is 0 Å². The zero-order valence-corrected chi connectivity index (χ0v) is 12.5. The molecule has 1 unspecified atom stereocenters. The second kappa shape index (κ2) is 6.37. The molecular formula is C16H21N3S. The standard InChI is InChI=1S/C16H21N3S/c17-16-18-10-15(20-16)12-19-8-4-7-14(11-19)9-13-5-2-1-3-6-13/h1-3,5-6,10,14H,4,7-9,11-12H2,(H2,17,18). The summed E-state index contributed by atoms with van der Waals surface area (Å²) >= 11 is 1.61. The summed E-state index contributed by atoms with van der Waals surface area (Å²) in [7, 11) is 0. The van der Waals surface area contributed by atoms with Crippen molar-refractivity contribution in [1.29, 1.82) is 0 Å². The highest BCUT2D eigenvalue weighted by Gasteiger charge is 2.20. The Hall–Kier alpha value is -1.39. The number of likely N-dealkylation sites (tertiary alicyclic amines) is 1. The van der Waals surface area contributed by atoms with Gasteiger partial charge in [-0.3, -0.25) is 4.90 Å². The SMILES string of the molecule is Nc1ncc(CN2CCCC(Cc3ccccc3)C2)s1. The van der Waals surface area contributed by atoms with E-state index in [-0.39, 0.29) is 0 Å². The fourth-order valence-corrected chi connectivity index (χ4v) is 3.75. The predicted molar refractivity (Wildman–Crippen MR) is 84.7 cm³/mol. The predicted octanol–water partition coefficient (Wildman–Crippen LogP) is 3.18. The van der Waals surface area contributed by atoms with Gasteiger partial charge in [-0.15, -0.1) is 11.3 Å². The summed E-state index contributed by atoms with van der Waals surface area (Å²) in [5, 5.41) is 0.679. The number of hydrogen-bond acceptors (Lipinski definition) is 4. The fraction of sp³-hybridized carbons (Fsp3) is 0.438. The molecule has 0 radical (unpaired) electrons. The first kappa shape index (κ1) is 13.6. The molecule has 1 fully saturated rings. The van der Waals surface area contributed by atoms with E-state index < -0.39 is 0 Å². The highest BCUT2D eigenvalue weighted by atomic mass is 32.1. The molecule has 1 saturated heterocycles. The Bertz CT molecular complexity index is 538. The number of aromatic nitrogens is 1. The van der Waals surface area contributed by atoms with Gasteiger partial charge in [-0.25, -0.2) is 4.98 Å². The van der Waals surface area contributed by atoms with Crippen LogP contribution in [0.1, 0.15) is 23.3 Å². The minimum Gasteiger partial charge on any atom is -0.375 e. The van der Waals surface area contributed by atoms with Crippen LogP contribution in [0.4, 0.5) is 5.13 Å². The molecule has 2 N–H and O–H groups in total. The maximum atomic E-state index is 5.70. The van der Waals surface area contributed by atoms with Crippen molar-refractivity contribution in [2.24, 2.45) is 5.92 Å². The molecule has 1 atom stereocenters. The average molecular weight is 287 g/mol.